The Labute approximate surface area is 188 Å². The van der Waals surface area contributed by atoms with Crippen molar-refractivity contribution in [1.29, 1.82) is 0 Å². The van der Waals surface area contributed by atoms with Gasteiger partial charge in [-0.2, -0.15) is 0 Å². The third-order valence-corrected chi connectivity index (χ3v) is 5.88. The molecular weight excluding hydrogens is 412 g/mol. The normalized spacial score (nSPS) is 23.0. The van der Waals surface area contributed by atoms with E-state index in [0.29, 0.717) is 35.9 Å². The summed E-state index contributed by atoms with van der Waals surface area (Å²) in [6.07, 6.45) is -0.0909. The number of anilines is 1. The van der Waals surface area contributed by atoms with Crippen LogP contribution in [0, 0.1) is 12.8 Å². The average Bonchev–Trinajstić information content (AvgIpc) is 3.20. The summed E-state index contributed by atoms with van der Waals surface area (Å²) in [5.41, 5.74) is 1.11. The van der Waals surface area contributed by atoms with Crippen LogP contribution in [0.25, 0.3) is 0 Å². The molecule has 3 atom stereocenters. The molecule has 0 saturated carbocycles. The quantitative estimate of drug-likeness (QED) is 0.777. The molecule has 0 saturated heterocycles. The van der Waals surface area contributed by atoms with Crippen molar-refractivity contribution in [2.75, 3.05) is 46.2 Å². The molecule has 0 spiro atoms. The maximum absolute atomic E-state index is 13.2. The van der Waals surface area contributed by atoms with Crippen LogP contribution in [-0.4, -0.2) is 79.8 Å². The Kier molecular flexibility index (Phi) is 7.52. The molecule has 0 bridgehead atoms. The zero-order valence-corrected chi connectivity index (χ0v) is 19.5. The van der Waals surface area contributed by atoms with E-state index in [9.17, 15) is 9.59 Å². The average molecular weight is 445 g/mol. The van der Waals surface area contributed by atoms with Crippen molar-refractivity contribution in [3.63, 3.8) is 0 Å². The van der Waals surface area contributed by atoms with Gasteiger partial charge in [-0.15, -0.1) is 0 Å². The summed E-state index contributed by atoms with van der Waals surface area (Å²) in [5, 5.41) is 6.51. The molecule has 0 fully saturated rings. The molecule has 9 heteroatoms. The molecule has 32 heavy (non-hydrogen) atoms. The molecule has 0 unspecified atom stereocenters. The molecule has 1 N–H and O–H groups in total. The van der Waals surface area contributed by atoms with E-state index in [-0.39, 0.29) is 29.7 Å². The number of methoxy groups -OCH3 is 1. The van der Waals surface area contributed by atoms with E-state index < -0.39 is 5.91 Å². The van der Waals surface area contributed by atoms with Crippen molar-refractivity contribution in [1.82, 2.24) is 15.0 Å². The second kappa shape index (κ2) is 10.1. The van der Waals surface area contributed by atoms with Crippen molar-refractivity contribution < 1.29 is 23.6 Å². The summed E-state index contributed by atoms with van der Waals surface area (Å²) >= 11 is 0. The van der Waals surface area contributed by atoms with Gasteiger partial charge in [-0.1, -0.05) is 12.1 Å². The topological polar surface area (TPSA) is 97.1 Å². The number of aromatic nitrogens is 1. The molecule has 0 radical (unpaired) electrons. The molecule has 1 aliphatic rings. The molecule has 0 aliphatic carbocycles. The number of fused-ring (bicyclic) bond motifs is 1. The second-order valence-corrected chi connectivity index (χ2v) is 8.52. The summed E-state index contributed by atoms with van der Waals surface area (Å²) in [6.45, 7) is 7.58. The predicted octanol–water partition coefficient (Wildman–Crippen LogP) is 2.67. The summed E-state index contributed by atoms with van der Waals surface area (Å²) in [5.74, 6) is 0.633. The molecule has 1 aromatic carbocycles. The first kappa shape index (κ1) is 23.7. The minimum Gasteiger partial charge on any atom is -0.491 e. The van der Waals surface area contributed by atoms with Gasteiger partial charge in [0.05, 0.1) is 11.7 Å². The number of amides is 2. The molecule has 2 heterocycles. The summed E-state index contributed by atoms with van der Waals surface area (Å²) in [4.78, 5) is 29.5. The first-order valence-corrected chi connectivity index (χ1v) is 10.7. The largest absolute Gasteiger partial charge is 0.491 e. The van der Waals surface area contributed by atoms with Gasteiger partial charge in [-0.25, -0.2) is 0 Å². The Morgan fingerprint density at radius 2 is 1.97 bits per heavy atom. The standard InChI is InChI=1S/C23H32N4O5/c1-14-11-26(4)15(2)13-31-20-10-17(24-22(28)19-9-16(3)32-25-19)7-8-18(20)23(29)27(5)12-21(14)30-6/h7-10,14-15,21H,11-13H2,1-6H3,(H,24,28)/t14-,15+,21-/m0/s1. The van der Waals surface area contributed by atoms with E-state index in [2.05, 4.69) is 36.3 Å². The van der Waals surface area contributed by atoms with Crippen molar-refractivity contribution >= 4 is 17.5 Å². The second-order valence-electron chi connectivity index (χ2n) is 8.52. The number of carbonyl (C=O) groups is 2. The van der Waals surface area contributed by atoms with Crippen molar-refractivity contribution in [2.24, 2.45) is 5.92 Å². The summed E-state index contributed by atoms with van der Waals surface area (Å²) in [7, 11) is 5.48. The fraction of sp³-hybridized carbons (Fsp3) is 0.522. The van der Waals surface area contributed by atoms with Crippen LogP contribution >= 0.6 is 0 Å². The van der Waals surface area contributed by atoms with Crippen LogP contribution in [0.4, 0.5) is 5.69 Å². The molecule has 2 aromatic rings. The predicted molar refractivity (Wildman–Crippen MR) is 120 cm³/mol. The number of hydrogen-bond acceptors (Lipinski definition) is 7. The Morgan fingerprint density at radius 1 is 1.22 bits per heavy atom. The highest BCUT2D eigenvalue weighted by Gasteiger charge is 2.27. The Bertz CT molecular complexity index is 960. The highest BCUT2D eigenvalue weighted by Crippen LogP contribution is 2.27. The summed E-state index contributed by atoms with van der Waals surface area (Å²) < 4.78 is 16.7. The van der Waals surface area contributed by atoms with Gasteiger partial charge in [0.15, 0.2) is 5.69 Å². The molecule has 1 aromatic heterocycles. The lowest BCUT2D eigenvalue weighted by Gasteiger charge is -2.34. The smallest absolute Gasteiger partial charge is 0.277 e. The van der Waals surface area contributed by atoms with Crippen LogP contribution in [-0.2, 0) is 4.74 Å². The number of benzene rings is 1. The monoisotopic (exact) mass is 444 g/mol. The third-order valence-electron chi connectivity index (χ3n) is 5.88. The maximum atomic E-state index is 13.2. The van der Waals surface area contributed by atoms with Crippen LogP contribution in [0.5, 0.6) is 5.75 Å². The number of likely N-dealkylation sites (N-methyl/N-ethyl adjacent to an activating group) is 2. The van der Waals surface area contributed by atoms with Crippen LogP contribution in [0.15, 0.2) is 28.8 Å². The first-order chi connectivity index (χ1) is 15.2. The Hall–Kier alpha value is -2.91. The molecule has 9 nitrogen and oxygen atoms in total. The van der Waals surface area contributed by atoms with Gasteiger partial charge < -0.3 is 24.2 Å². The van der Waals surface area contributed by atoms with Gasteiger partial charge >= 0.3 is 0 Å². The first-order valence-electron chi connectivity index (χ1n) is 10.7. The van der Waals surface area contributed by atoms with Gasteiger partial charge in [0.2, 0.25) is 0 Å². The molecule has 174 valence electrons. The van der Waals surface area contributed by atoms with E-state index in [4.69, 9.17) is 14.0 Å². The summed E-state index contributed by atoms with van der Waals surface area (Å²) in [6, 6.07) is 6.69. The van der Waals surface area contributed by atoms with E-state index in [1.165, 1.54) is 0 Å². The van der Waals surface area contributed by atoms with Gasteiger partial charge in [-0.05, 0) is 38.9 Å². The van der Waals surface area contributed by atoms with Crippen LogP contribution in [0.3, 0.4) is 0 Å². The van der Waals surface area contributed by atoms with E-state index in [1.54, 1.807) is 50.2 Å². The minimum absolute atomic E-state index is 0.0909. The number of hydrogen-bond donors (Lipinski definition) is 1. The molecule has 2 amide bonds. The van der Waals surface area contributed by atoms with Crippen LogP contribution in [0.2, 0.25) is 0 Å². The number of carbonyl (C=O) groups excluding carboxylic acids is 2. The molecule has 3 rings (SSSR count). The number of rotatable bonds is 3. The minimum atomic E-state index is -0.400. The van der Waals surface area contributed by atoms with E-state index >= 15 is 0 Å². The van der Waals surface area contributed by atoms with Crippen molar-refractivity contribution in [2.45, 2.75) is 32.9 Å². The molecular formula is C23H32N4O5. The van der Waals surface area contributed by atoms with Gasteiger partial charge in [0.1, 0.15) is 18.1 Å². The van der Waals surface area contributed by atoms with Gasteiger partial charge in [0, 0.05) is 51.1 Å². The van der Waals surface area contributed by atoms with Crippen molar-refractivity contribution in [3.8, 4) is 5.75 Å². The van der Waals surface area contributed by atoms with E-state index in [0.717, 1.165) is 6.54 Å². The highest BCUT2D eigenvalue weighted by molar-refractivity contribution is 6.03. The maximum Gasteiger partial charge on any atom is 0.277 e. The SMILES string of the molecule is CO[C@H]1CN(C)C(=O)c2ccc(NC(=O)c3cc(C)on3)cc2OC[C@@H](C)N(C)C[C@@H]1C. The van der Waals surface area contributed by atoms with Gasteiger partial charge in [-0.3, -0.25) is 14.5 Å². The Morgan fingerprint density at radius 3 is 2.62 bits per heavy atom. The zero-order valence-electron chi connectivity index (χ0n) is 19.5. The lowest BCUT2D eigenvalue weighted by Crippen LogP contribution is -2.45. The fourth-order valence-electron chi connectivity index (χ4n) is 3.70. The van der Waals surface area contributed by atoms with Crippen LogP contribution in [0.1, 0.15) is 40.5 Å². The molecule has 1 aliphatic heterocycles. The lowest BCUT2D eigenvalue weighted by atomic mass is 10.0. The number of aryl methyl sites for hydroxylation is 1. The number of nitrogens with zero attached hydrogens (tertiary/aromatic N) is 3. The van der Waals surface area contributed by atoms with Crippen molar-refractivity contribution in [3.05, 3.63) is 41.3 Å². The lowest BCUT2D eigenvalue weighted by molar-refractivity contribution is 0.0150. The van der Waals surface area contributed by atoms with E-state index in [1.807, 2.05) is 0 Å². The third kappa shape index (κ3) is 5.46. The number of ether oxygens (including phenoxy) is 2. The number of nitrogens with one attached hydrogen (secondary N) is 1. The van der Waals surface area contributed by atoms with Crippen LogP contribution < -0.4 is 10.1 Å². The highest BCUT2D eigenvalue weighted by atomic mass is 16.5. The zero-order chi connectivity index (χ0) is 23.4. The fourth-order valence-corrected chi connectivity index (χ4v) is 3.70. The Balaban J connectivity index is 1.89. The van der Waals surface area contributed by atoms with Gasteiger partial charge in [0.25, 0.3) is 11.8 Å².